The quantitative estimate of drug-likeness (QED) is 0.701. The largest absolute Gasteiger partial charge is 0.372 e. The third-order valence-electron chi connectivity index (χ3n) is 6.04. The summed E-state index contributed by atoms with van der Waals surface area (Å²) in [4.78, 5) is 16.8. The molecule has 0 N–H and O–H groups in total. The molecular weight excluding hydrogens is 374 g/mol. The van der Waals surface area contributed by atoms with Gasteiger partial charge in [0.2, 0.25) is 5.95 Å². The molecule has 2 saturated heterocycles. The second-order valence-corrected chi connectivity index (χ2v) is 8.72. The van der Waals surface area contributed by atoms with Crippen molar-refractivity contribution in [1.82, 2.24) is 19.8 Å². The van der Waals surface area contributed by atoms with E-state index in [1.165, 1.54) is 24.9 Å². The van der Waals surface area contributed by atoms with Gasteiger partial charge in [-0.2, -0.15) is 0 Å². The van der Waals surface area contributed by atoms with Crippen molar-refractivity contribution in [2.75, 3.05) is 50.7 Å². The molecular formula is C24H35N5O. The summed E-state index contributed by atoms with van der Waals surface area (Å²) in [5.41, 5.74) is 2.56. The number of aryl methyl sites for hydroxylation is 1. The Morgan fingerprint density at radius 3 is 2.37 bits per heavy atom. The second-order valence-electron chi connectivity index (χ2n) is 8.72. The van der Waals surface area contributed by atoms with E-state index in [-0.39, 0.29) is 12.2 Å². The standard InChI is InChI=1S/C24H35N5O/c1-20-17-29(18-21(2)30-20)24-25-11-10-23(26-24)19-28-15-13-27(14-16-28)12-6-9-22-7-4-3-5-8-22/h3-5,7-8,10-11,20-21H,6,9,12-19H2,1-2H3. The highest BCUT2D eigenvalue weighted by Crippen LogP contribution is 2.17. The SMILES string of the molecule is CC1CN(c2nccc(CN3CCN(CCCc4ccccc4)CC3)n2)CC(C)O1. The number of hydrogen-bond donors (Lipinski definition) is 0. The van der Waals surface area contributed by atoms with Crippen LogP contribution < -0.4 is 4.90 Å². The van der Waals surface area contributed by atoms with Crippen molar-refractivity contribution in [1.29, 1.82) is 0 Å². The van der Waals surface area contributed by atoms with Crippen LogP contribution in [0.15, 0.2) is 42.6 Å². The zero-order valence-corrected chi connectivity index (χ0v) is 18.4. The number of anilines is 1. The maximum atomic E-state index is 5.84. The molecule has 4 rings (SSSR count). The molecule has 6 heteroatoms. The number of benzene rings is 1. The fourth-order valence-electron chi connectivity index (χ4n) is 4.52. The highest BCUT2D eigenvalue weighted by atomic mass is 16.5. The minimum Gasteiger partial charge on any atom is -0.372 e. The fraction of sp³-hybridized carbons (Fsp3) is 0.583. The van der Waals surface area contributed by atoms with Gasteiger partial charge >= 0.3 is 0 Å². The van der Waals surface area contributed by atoms with Crippen LogP contribution in [0, 0.1) is 0 Å². The predicted octanol–water partition coefficient (Wildman–Crippen LogP) is 2.84. The molecule has 2 aromatic rings. The summed E-state index contributed by atoms with van der Waals surface area (Å²) >= 11 is 0. The molecule has 2 fully saturated rings. The number of piperazine rings is 1. The van der Waals surface area contributed by atoms with E-state index in [0.29, 0.717) is 0 Å². The molecule has 2 aliphatic heterocycles. The summed E-state index contributed by atoms with van der Waals surface area (Å²) in [6.45, 7) is 12.5. The summed E-state index contributed by atoms with van der Waals surface area (Å²) in [6, 6.07) is 12.9. The minimum atomic E-state index is 0.218. The molecule has 0 saturated carbocycles. The Balaban J connectivity index is 1.22. The molecule has 1 aromatic heterocycles. The number of rotatable bonds is 7. The van der Waals surface area contributed by atoms with Crippen molar-refractivity contribution in [2.45, 2.75) is 45.4 Å². The summed E-state index contributed by atoms with van der Waals surface area (Å²) in [7, 11) is 0. The lowest BCUT2D eigenvalue weighted by molar-refractivity contribution is -0.00574. The first-order chi connectivity index (χ1) is 14.7. The van der Waals surface area contributed by atoms with Crippen LogP contribution in [0.25, 0.3) is 0 Å². The molecule has 0 bridgehead atoms. The van der Waals surface area contributed by atoms with E-state index in [1.807, 2.05) is 6.20 Å². The zero-order chi connectivity index (χ0) is 20.8. The third-order valence-corrected chi connectivity index (χ3v) is 6.04. The molecule has 2 aliphatic rings. The van der Waals surface area contributed by atoms with Crippen molar-refractivity contribution in [3.8, 4) is 0 Å². The molecule has 1 aromatic carbocycles. The van der Waals surface area contributed by atoms with E-state index < -0.39 is 0 Å². The van der Waals surface area contributed by atoms with Crippen molar-refractivity contribution in [3.63, 3.8) is 0 Å². The van der Waals surface area contributed by atoms with E-state index in [0.717, 1.165) is 57.5 Å². The molecule has 0 aliphatic carbocycles. The van der Waals surface area contributed by atoms with Crippen molar-refractivity contribution < 1.29 is 4.74 Å². The molecule has 0 spiro atoms. The monoisotopic (exact) mass is 409 g/mol. The first kappa shape index (κ1) is 21.2. The number of ether oxygens (including phenoxy) is 1. The summed E-state index contributed by atoms with van der Waals surface area (Å²) < 4.78 is 5.84. The summed E-state index contributed by atoms with van der Waals surface area (Å²) in [5, 5.41) is 0. The molecule has 3 heterocycles. The molecule has 30 heavy (non-hydrogen) atoms. The van der Waals surface area contributed by atoms with Crippen LogP contribution in [0.1, 0.15) is 31.5 Å². The van der Waals surface area contributed by atoms with E-state index in [2.05, 4.69) is 69.9 Å². The molecule has 2 unspecified atom stereocenters. The Labute approximate surface area is 180 Å². The van der Waals surface area contributed by atoms with E-state index in [4.69, 9.17) is 9.72 Å². The van der Waals surface area contributed by atoms with Gasteiger partial charge in [0, 0.05) is 52.0 Å². The molecule has 0 radical (unpaired) electrons. The normalized spacial score (nSPS) is 23.6. The van der Waals surface area contributed by atoms with E-state index >= 15 is 0 Å². The summed E-state index contributed by atoms with van der Waals surface area (Å²) in [6.07, 6.45) is 4.74. The van der Waals surface area contributed by atoms with Gasteiger partial charge in [-0.3, -0.25) is 4.90 Å². The number of nitrogens with zero attached hydrogens (tertiary/aromatic N) is 5. The van der Waals surface area contributed by atoms with Gasteiger partial charge in [-0.05, 0) is 44.9 Å². The van der Waals surface area contributed by atoms with Gasteiger partial charge in [-0.25, -0.2) is 9.97 Å². The second kappa shape index (κ2) is 10.3. The highest BCUT2D eigenvalue weighted by Gasteiger charge is 2.24. The van der Waals surface area contributed by atoms with Crippen LogP contribution in [0.2, 0.25) is 0 Å². The highest BCUT2D eigenvalue weighted by molar-refractivity contribution is 5.31. The van der Waals surface area contributed by atoms with E-state index in [9.17, 15) is 0 Å². The first-order valence-electron chi connectivity index (χ1n) is 11.4. The first-order valence-corrected chi connectivity index (χ1v) is 11.4. The Morgan fingerprint density at radius 1 is 0.933 bits per heavy atom. The van der Waals surface area contributed by atoms with Crippen LogP contribution in [0.5, 0.6) is 0 Å². The smallest absolute Gasteiger partial charge is 0.225 e. The Kier molecular flexibility index (Phi) is 7.31. The Bertz CT molecular complexity index is 768. The van der Waals surface area contributed by atoms with Crippen LogP contribution in [-0.4, -0.2) is 77.8 Å². The fourth-order valence-corrected chi connectivity index (χ4v) is 4.52. The average Bonchev–Trinajstić information content (AvgIpc) is 2.75. The molecule has 6 nitrogen and oxygen atoms in total. The summed E-state index contributed by atoms with van der Waals surface area (Å²) in [5.74, 6) is 0.842. The third kappa shape index (κ3) is 6.00. The lowest BCUT2D eigenvalue weighted by Gasteiger charge is -2.36. The Hall–Kier alpha value is -2.02. The van der Waals surface area contributed by atoms with Gasteiger partial charge in [-0.15, -0.1) is 0 Å². The topological polar surface area (TPSA) is 44.7 Å². The van der Waals surface area contributed by atoms with Gasteiger partial charge in [0.25, 0.3) is 0 Å². The van der Waals surface area contributed by atoms with Crippen LogP contribution >= 0.6 is 0 Å². The van der Waals surface area contributed by atoms with Gasteiger partial charge < -0.3 is 14.5 Å². The molecule has 162 valence electrons. The predicted molar refractivity (Wildman–Crippen MR) is 121 cm³/mol. The van der Waals surface area contributed by atoms with Gasteiger partial charge in [0.15, 0.2) is 0 Å². The lowest BCUT2D eigenvalue weighted by Crippen LogP contribution is -2.47. The molecule has 2 atom stereocenters. The van der Waals surface area contributed by atoms with E-state index in [1.54, 1.807) is 0 Å². The minimum absolute atomic E-state index is 0.218. The number of aromatic nitrogens is 2. The maximum Gasteiger partial charge on any atom is 0.225 e. The zero-order valence-electron chi connectivity index (χ0n) is 18.4. The van der Waals surface area contributed by atoms with Crippen molar-refractivity contribution >= 4 is 5.95 Å². The number of hydrogen-bond acceptors (Lipinski definition) is 6. The van der Waals surface area contributed by atoms with Crippen LogP contribution in [0.3, 0.4) is 0 Å². The lowest BCUT2D eigenvalue weighted by atomic mass is 10.1. The maximum absolute atomic E-state index is 5.84. The van der Waals surface area contributed by atoms with Gasteiger partial charge in [0.1, 0.15) is 0 Å². The van der Waals surface area contributed by atoms with Crippen LogP contribution in [-0.2, 0) is 17.7 Å². The van der Waals surface area contributed by atoms with Gasteiger partial charge in [0.05, 0.1) is 17.9 Å². The molecule has 0 amide bonds. The number of morpholine rings is 1. The van der Waals surface area contributed by atoms with Crippen molar-refractivity contribution in [3.05, 3.63) is 53.9 Å². The van der Waals surface area contributed by atoms with Gasteiger partial charge in [-0.1, -0.05) is 30.3 Å². The average molecular weight is 410 g/mol. The van der Waals surface area contributed by atoms with Crippen LogP contribution in [0.4, 0.5) is 5.95 Å². The Morgan fingerprint density at radius 2 is 1.63 bits per heavy atom. The van der Waals surface area contributed by atoms with Crippen molar-refractivity contribution in [2.24, 2.45) is 0 Å².